The molecule has 0 radical (unpaired) electrons. The fourth-order valence-corrected chi connectivity index (χ4v) is 3.45. The highest BCUT2D eigenvalue weighted by Gasteiger charge is 2.10. The van der Waals surface area contributed by atoms with Gasteiger partial charge < -0.3 is 5.32 Å². The first kappa shape index (κ1) is 16.3. The second kappa shape index (κ2) is 7.36. The molecule has 1 amide bonds. The molecule has 122 valence electrons. The van der Waals surface area contributed by atoms with Crippen LogP contribution in [0.15, 0.2) is 54.6 Å². The maximum atomic E-state index is 13.1. The van der Waals surface area contributed by atoms with Gasteiger partial charge in [-0.25, -0.2) is 9.37 Å². The minimum atomic E-state index is -0.409. The molecule has 3 nitrogen and oxygen atoms in total. The Bertz CT molecular complexity index is 846. The van der Waals surface area contributed by atoms with Crippen molar-refractivity contribution in [3.05, 3.63) is 76.5 Å². The third-order valence-corrected chi connectivity index (χ3v) is 4.90. The summed E-state index contributed by atoms with van der Waals surface area (Å²) in [5.74, 6) is -0.673. The Balaban J connectivity index is 1.61. The molecule has 1 heterocycles. The van der Waals surface area contributed by atoms with Crippen LogP contribution in [-0.2, 0) is 6.42 Å². The Hall–Kier alpha value is -2.53. The highest BCUT2D eigenvalue weighted by molar-refractivity contribution is 7.15. The number of thiazole rings is 1. The van der Waals surface area contributed by atoms with Gasteiger partial charge in [0.2, 0.25) is 0 Å². The van der Waals surface area contributed by atoms with Crippen LogP contribution in [0, 0.1) is 12.7 Å². The number of nitrogens with zero attached hydrogens (tertiary/aromatic N) is 1. The van der Waals surface area contributed by atoms with Crippen LogP contribution in [0.4, 0.5) is 4.39 Å². The van der Waals surface area contributed by atoms with E-state index in [4.69, 9.17) is 0 Å². The van der Waals surface area contributed by atoms with E-state index in [1.807, 2.05) is 37.3 Å². The van der Waals surface area contributed by atoms with Gasteiger partial charge in [0.05, 0.1) is 5.69 Å². The molecule has 0 saturated carbocycles. The van der Waals surface area contributed by atoms with Crippen molar-refractivity contribution >= 4 is 17.2 Å². The molecule has 3 rings (SSSR count). The van der Waals surface area contributed by atoms with Crippen molar-refractivity contribution in [2.45, 2.75) is 13.3 Å². The first-order valence-corrected chi connectivity index (χ1v) is 8.50. The van der Waals surface area contributed by atoms with Crippen LogP contribution in [0.1, 0.15) is 20.9 Å². The lowest BCUT2D eigenvalue weighted by molar-refractivity contribution is 0.0953. The fourth-order valence-electron chi connectivity index (χ4n) is 2.39. The van der Waals surface area contributed by atoms with Crippen LogP contribution in [0.25, 0.3) is 10.6 Å². The van der Waals surface area contributed by atoms with Crippen molar-refractivity contribution in [1.82, 2.24) is 10.3 Å². The van der Waals surface area contributed by atoms with E-state index in [1.54, 1.807) is 17.4 Å². The Morgan fingerprint density at radius 3 is 2.71 bits per heavy atom. The normalized spacial score (nSPS) is 10.6. The fraction of sp³-hybridized carbons (Fsp3) is 0.158. The van der Waals surface area contributed by atoms with Crippen molar-refractivity contribution in [2.24, 2.45) is 0 Å². The standard InChI is InChI=1S/C19H17FN2OS/c1-13-17(24-19(22-13)14-6-3-2-4-7-14)10-11-21-18(23)15-8-5-9-16(20)12-15/h2-9,12H,10-11H2,1H3,(H,21,23). The number of amides is 1. The van der Waals surface area contributed by atoms with Crippen LogP contribution in [0.2, 0.25) is 0 Å². The van der Waals surface area contributed by atoms with E-state index >= 15 is 0 Å². The quantitative estimate of drug-likeness (QED) is 0.755. The van der Waals surface area contributed by atoms with Gasteiger partial charge in [0.15, 0.2) is 0 Å². The summed E-state index contributed by atoms with van der Waals surface area (Å²) in [6.45, 7) is 2.47. The number of halogens is 1. The van der Waals surface area contributed by atoms with Crippen LogP contribution in [0.5, 0.6) is 0 Å². The van der Waals surface area contributed by atoms with Gasteiger partial charge in [-0.3, -0.25) is 4.79 Å². The molecule has 0 spiro atoms. The summed E-state index contributed by atoms with van der Waals surface area (Å²) in [6, 6.07) is 15.7. The van der Waals surface area contributed by atoms with Crippen molar-refractivity contribution < 1.29 is 9.18 Å². The Kier molecular flexibility index (Phi) is 5.01. The van der Waals surface area contributed by atoms with Gasteiger partial charge in [0.25, 0.3) is 5.91 Å². The second-order valence-corrected chi connectivity index (χ2v) is 6.49. The summed E-state index contributed by atoms with van der Waals surface area (Å²) < 4.78 is 13.1. The minimum Gasteiger partial charge on any atom is -0.352 e. The van der Waals surface area contributed by atoms with Crippen molar-refractivity contribution in [2.75, 3.05) is 6.54 Å². The number of aromatic nitrogens is 1. The largest absolute Gasteiger partial charge is 0.352 e. The highest BCUT2D eigenvalue weighted by Crippen LogP contribution is 2.27. The van der Waals surface area contributed by atoms with Gasteiger partial charge in [0.1, 0.15) is 10.8 Å². The molecule has 0 atom stereocenters. The van der Waals surface area contributed by atoms with E-state index in [0.717, 1.165) is 21.1 Å². The number of rotatable bonds is 5. The van der Waals surface area contributed by atoms with E-state index in [9.17, 15) is 9.18 Å². The number of benzene rings is 2. The SMILES string of the molecule is Cc1nc(-c2ccccc2)sc1CCNC(=O)c1cccc(F)c1. The van der Waals surface area contributed by atoms with Crippen molar-refractivity contribution in [3.63, 3.8) is 0 Å². The molecule has 0 saturated heterocycles. The molecule has 0 aliphatic rings. The molecule has 0 bridgehead atoms. The number of carbonyl (C=O) groups excluding carboxylic acids is 1. The first-order valence-electron chi connectivity index (χ1n) is 7.69. The van der Waals surface area contributed by atoms with Gasteiger partial charge in [-0.1, -0.05) is 36.4 Å². The van der Waals surface area contributed by atoms with E-state index in [0.29, 0.717) is 18.5 Å². The van der Waals surface area contributed by atoms with E-state index < -0.39 is 5.82 Å². The predicted molar refractivity (Wildman–Crippen MR) is 94.7 cm³/mol. The van der Waals surface area contributed by atoms with Crippen molar-refractivity contribution in [1.29, 1.82) is 0 Å². The van der Waals surface area contributed by atoms with Crippen LogP contribution in [-0.4, -0.2) is 17.4 Å². The van der Waals surface area contributed by atoms with Crippen LogP contribution < -0.4 is 5.32 Å². The number of nitrogens with one attached hydrogen (secondary N) is 1. The van der Waals surface area contributed by atoms with Gasteiger partial charge in [0, 0.05) is 29.0 Å². The molecule has 24 heavy (non-hydrogen) atoms. The Labute approximate surface area is 144 Å². The van der Waals surface area contributed by atoms with E-state index in [2.05, 4.69) is 10.3 Å². The third-order valence-electron chi connectivity index (χ3n) is 3.64. The lowest BCUT2D eigenvalue weighted by Gasteiger charge is -2.04. The summed E-state index contributed by atoms with van der Waals surface area (Å²) >= 11 is 1.64. The molecule has 3 aromatic rings. The summed E-state index contributed by atoms with van der Waals surface area (Å²) in [5.41, 5.74) is 2.42. The Morgan fingerprint density at radius 2 is 1.96 bits per heavy atom. The van der Waals surface area contributed by atoms with E-state index in [1.165, 1.54) is 18.2 Å². The van der Waals surface area contributed by atoms with Crippen LogP contribution in [0.3, 0.4) is 0 Å². The smallest absolute Gasteiger partial charge is 0.251 e. The average Bonchev–Trinajstić information content (AvgIpc) is 2.96. The van der Waals surface area contributed by atoms with Gasteiger partial charge in [-0.05, 0) is 25.1 Å². The zero-order valence-corrected chi connectivity index (χ0v) is 14.1. The number of aryl methyl sites for hydroxylation is 1. The van der Waals surface area contributed by atoms with Gasteiger partial charge >= 0.3 is 0 Å². The topological polar surface area (TPSA) is 42.0 Å². The summed E-state index contributed by atoms with van der Waals surface area (Å²) in [6.07, 6.45) is 0.706. The average molecular weight is 340 g/mol. The molecular weight excluding hydrogens is 323 g/mol. The van der Waals surface area contributed by atoms with E-state index in [-0.39, 0.29) is 5.91 Å². The zero-order valence-electron chi connectivity index (χ0n) is 13.3. The molecule has 2 aromatic carbocycles. The number of carbonyl (C=O) groups is 1. The highest BCUT2D eigenvalue weighted by atomic mass is 32.1. The molecule has 1 aromatic heterocycles. The summed E-state index contributed by atoms with van der Waals surface area (Å²) in [7, 11) is 0. The van der Waals surface area contributed by atoms with Gasteiger partial charge in [-0.2, -0.15) is 0 Å². The lowest BCUT2D eigenvalue weighted by atomic mass is 10.2. The maximum absolute atomic E-state index is 13.1. The molecule has 1 N–H and O–H groups in total. The zero-order chi connectivity index (χ0) is 16.9. The monoisotopic (exact) mass is 340 g/mol. The summed E-state index contributed by atoms with van der Waals surface area (Å²) in [5, 5.41) is 3.81. The maximum Gasteiger partial charge on any atom is 0.251 e. The third kappa shape index (κ3) is 3.86. The first-order chi connectivity index (χ1) is 11.6. The second-order valence-electron chi connectivity index (χ2n) is 5.41. The molecule has 0 aliphatic heterocycles. The van der Waals surface area contributed by atoms with Crippen molar-refractivity contribution in [3.8, 4) is 10.6 Å². The summed E-state index contributed by atoms with van der Waals surface area (Å²) in [4.78, 5) is 17.8. The predicted octanol–water partition coefficient (Wildman–Crippen LogP) is 4.23. The molecular formula is C19H17FN2OS. The minimum absolute atomic E-state index is 0.264. The molecule has 5 heteroatoms. The molecule has 0 unspecified atom stereocenters. The number of hydrogen-bond acceptors (Lipinski definition) is 3. The number of hydrogen-bond donors (Lipinski definition) is 1. The Morgan fingerprint density at radius 1 is 1.17 bits per heavy atom. The molecule has 0 aliphatic carbocycles. The van der Waals surface area contributed by atoms with Crippen LogP contribution >= 0.6 is 11.3 Å². The lowest BCUT2D eigenvalue weighted by Crippen LogP contribution is -2.25. The van der Waals surface area contributed by atoms with Gasteiger partial charge in [-0.15, -0.1) is 11.3 Å². The molecule has 0 fully saturated rings.